The van der Waals surface area contributed by atoms with Crippen LogP contribution in [-0.2, 0) is 15.1 Å². The van der Waals surface area contributed by atoms with Crippen molar-refractivity contribution in [3.63, 3.8) is 0 Å². The van der Waals surface area contributed by atoms with Crippen LogP contribution in [0.2, 0.25) is 0 Å². The predicted octanol–water partition coefficient (Wildman–Crippen LogP) is 1.41. The highest BCUT2D eigenvalue weighted by molar-refractivity contribution is 9.10. The Morgan fingerprint density at radius 3 is 2.71 bits per heavy atom. The van der Waals surface area contributed by atoms with Gasteiger partial charge in [-0.3, -0.25) is 9.59 Å². The third kappa shape index (κ3) is 3.83. The molecule has 4 N–H and O–H groups in total. The fourth-order valence-electron chi connectivity index (χ4n) is 2.31. The van der Waals surface area contributed by atoms with Crippen molar-refractivity contribution < 1.29 is 9.59 Å². The standard InChI is InChI=1S/C15H20BrN3O2/c1-15(17,10-5-7-11(16)8-6-10)14(21)19-12-4-2-3-9-18-13(12)20/h5-8,12H,2-4,9,17H2,1H3,(H,18,20)(H,19,21). The zero-order valence-electron chi connectivity index (χ0n) is 12.0. The lowest BCUT2D eigenvalue weighted by molar-refractivity contribution is -0.131. The molecule has 0 aliphatic carbocycles. The molecule has 0 aromatic heterocycles. The highest BCUT2D eigenvalue weighted by Gasteiger charge is 2.33. The van der Waals surface area contributed by atoms with Gasteiger partial charge in [0.15, 0.2) is 0 Å². The van der Waals surface area contributed by atoms with Crippen LogP contribution < -0.4 is 16.4 Å². The van der Waals surface area contributed by atoms with Gasteiger partial charge in [-0.25, -0.2) is 0 Å². The molecule has 0 radical (unpaired) electrons. The average molecular weight is 354 g/mol. The van der Waals surface area contributed by atoms with Crippen LogP contribution >= 0.6 is 15.9 Å². The van der Waals surface area contributed by atoms with Crippen LogP contribution in [0, 0.1) is 0 Å². The first kappa shape index (κ1) is 16.0. The fraction of sp³-hybridized carbons (Fsp3) is 0.467. The van der Waals surface area contributed by atoms with Gasteiger partial charge in [0.1, 0.15) is 11.6 Å². The number of carbonyl (C=O) groups excluding carboxylic acids is 2. The third-order valence-corrected chi connectivity index (χ3v) is 4.28. The number of nitrogens with two attached hydrogens (primary N) is 1. The quantitative estimate of drug-likeness (QED) is 0.767. The van der Waals surface area contributed by atoms with Gasteiger partial charge in [0.2, 0.25) is 11.8 Å². The number of hydrogen-bond acceptors (Lipinski definition) is 3. The molecule has 1 aliphatic heterocycles. The van der Waals surface area contributed by atoms with Crippen LogP contribution in [0.3, 0.4) is 0 Å². The Hall–Kier alpha value is -1.40. The second-order valence-corrected chi connectivity index (χ2v) is 6.44. The molecule has 1 heterocycles. The molecule has 114 valence electrons. The highest BCUT2D eigenvalue weighted by Crippen LogP contribution is 2.21. The Bertz CT molecular complexity index is 528. The summed E-state index contributed by atoms with van der Waals surface area (Å²) in [6.45, 7) is 2.32. The van der Waals surface area contributed by atoms with Crippen molar-refractivity contribution in [3.05, 3.63) is 34.3 Å². The molecule has 2 rings (SSSR count). The first-order valence-corrected chi connectivity index (χ1v) is 7.84. The summed E-state index contributed by atoms with van der Waals surface area (Å²) in [5.41, 5.74) is 5.71. The fourth-order valence-corrected chi connectivity index (χ4v) is 2.58. The van der Waals surface area contributed by atoms with Crippen molar-refractivity contribution in [1.82, 2.24) is 10.6 Å². The van der Waals surface area contributed by atoms with Gasteiger partial charge >= 0.3 is 0 Å². The second kappa shape index (κ2) is 6.58. The number of halogens is 1. The first-order chi connectivity index (χ1) is 9.91. The van der Waals surface area contributed by atoms with Gasteiger partial charge in [-0.15, -0.1) is 0 Å². The summed E-state index contributed by atoms with van der Waals surface area (Å²) >= 11 is 3.35. The van der Waals surface area contributed by atoms with Crippen molar-refractivity contribution in [3.8, 4) is 0 Å². The maximum absolute atomic E-state index is 12.4. The van der Waals surface area contributed by atoms with Crippen molar-refractivity contribution >= 4 is 27.7 Å². The third-order valence-electron chi connectivity index (χ3n) is 3.76. The van der Waals surface area contributed by atoms with Crippen LogP contribution in [0.25, 0.3) is 0 Å². The smallest absolute Gasteiger partial charge is 0.245 e. The lowest BCUT2D eigenvalue weighted by atomic mass is 9.91. The lowest BCUT2D eigenvalue weighted by Crippen LogP contribution is -2.55. The molecule has 1 aromatic rings. The molecule has 1 aromatic carbocycles. The van der Waals surface area contributed by atoms with E-state index in [1.54, 1.807) is 19.1 Å². The number of rotatable bonds is 3. The summed E-state index contributed by atoms with van der Waals surface area (Å²) in [5, 5.41) is 5.57. The van der Waals surface area contributed by atoms with E-state index < -0.39 is 11.6 Å². The van der Waals surface area contributed by atoms with Gasteiger partial charge in [0.05, 0.1) is 0 Å². The molecule has 1 saturated heterocycles. The molecule has 5 nitrogen and oxygen atoms in total. The van der Waals surface area contributed by atoms with E-state index in [2.05, 4.69) is 26.6 Å². The second-order valence-electron chi connectivity index (χ2n) is 5.52. The number of hydrogen-bond donors (Lipinski definition) is 3. The minimum Gasteiger partial charge on any atom is -0.354 e. The van der Waals surface area contributed by atoms with E-state index in [4.69, 9.17) is 5.73 Å². The molecule has 21 heavy (non-hydrogen) atoms. The van der Waals surface area contributed by atoms with E-state index in [9.17, 15) is 9.59 Å². The highest BCUT2D eigenvalue weighted by atomic mass is 79.9. The van der Waals surface area contributed by atoms with Crippen LogP contribution in [0.1, 0.15) is 31.7 Å². The molecular weight excluding hydrogens is 334 g/mol. The minimum absolute atomic E-state index is 0.132. The number of carbonyl (C=O) groups is 2. The van der Waals surface area contributed by atoms with Gasteiger partial charge < -0.3 is 16.4 Å². The Morgan fingerprint density at radius 1 is 1.38 bits per heavy atom. The molecule has 1 fully saturated rings. The molecule has 0 spiro atoms. The van der Waals surface area contributed by atoms with E-state index in [0.29, 0.717) is 18.5 Å². The number of benzene rings is 1. The van der Waals surface area contributed by atoms with Crippen LogP contribution in [0.4, 0.5) is 0 Å². The predicted molar refractivity (Wildman–Crippen MR) is 84.5 cm³/mol. The van der Waals surface area contributed by atoms with Gasteiger partial charge in [-0.2, -0.15) is 0 Å². The SMILES string of the molecule is CC(N)(C(=O)NC1CCCCNC1=O)c1ccc(Br)cc1. The summed E-state index contributed by atoms with van der Waals surface area (Å²) in [6.07, 6.45) is 2.49. The summed E-state index contributed by atoms with van der Waals surface area (Å²) in [4.78, 5) is 24.3. The van der Waals surface area contributed by atoms with E-state index in [0.717, 1.165) is 17.3 Å². The molecule has 2 unspecified atom stereocenters. The van der Waals surface area contributed by atoms with E-state index >= 15 is 0 Å². The van der Waals surface area contributed by atoms with Crippen LogP contribution in [0.5, 0.6) is 0 Å². The minimum atomic E-state index is -1.17. The van der Waals surface area contributed by atoms with E-state index in [1.165, 1.54) is 0 Å². The van der Waals surface area contributed by atoms with Crippen LogP contribution in [0.15, 0.2) is 28.7 Å². The van der Waals surface area contributed by atoms with Crippen molar-refractivity contribution in [2.45, 2.75) is 37.8 Å². The molecule has 0 bridgehead atoms. The molecule has 1 aliphatic rings. The molecule has 6 heteroatoms. The largest absolute Gasteiger partial charge is 0.354 e. The Morgan fingerprint density at radius 2 is 2.05 bits per heavy atom. The van der Waals surface area contributed by atoms with Gasteiger partial charge in [-0.05, 0) is 43.9 Å². The van der Waals surface area contributed by atoms with Gasteiger partial charge in [0.25, 0.3) is 0 Å². The maximum atomic E-state index is 12.4. The van der Waals surface area contributed by atoms with Gasteiger partial charge in [-0.1, -0.05) is 28.1 Å². The Labute approximate surface area is 132 Å². The lowest BCUT2D eigenvalue weighted by Gasteiger charge is -2.26. The summed E-state index contributed by atoms with van der Waals surface area (Å²) in [7, 11) is 0. The zero-order chi connectivity index (χ0) is 15.5. The van der Waals surface area contributed by atoms with E-state index in [1.807, 2.05) is 12.1 Å². The topological polar surface area (TPSA) is 84.2 Å². The van der Waals surface area contributed by atoms with Crippen molar-refractivity contribution in [2.75, 3.05) is 6.54 Å². The maximum Gasteiger partial charge on any atom is 0.245 e. The molecule has 2 amide bonds. The normalized spacial score (nSPS) is 21.9. The van der Waals surface area contributed by atoms with Crippen molar-refractivity contribution in [1.29, 1.82) is 0 Å². The first-order valence-electron chi connectivity index (χ1n) is 7.05. The summed E-state index contributed by atoms with van der Waals surface area (Å²) in [6, 6.07) is 6.78. The van der Waals surface area contributed by atoms with E-state index in [-0.39, 0.29) is 11.8 Å². The van der Waals surface area contributed by atoms with Crippen molar-refractivity contribution in [2.24, 2.45) is 5.73 Å². The van der Waals surface area contributed by atoms with Gasteiger partial charge in [0, 0.05) is 11.0 Å². The van der Waals surface area contributed by atoms with Crippen LogP contribution in [-0.4, -0.2) is 24.4 Å². The average Bonchev–Trinajstić information content (AvgIpc) is 2.64. The molecule has 2 atom stereocenters. The zero-order valence-corrected chi connectivity index (χ0v) is 13.6. The summed E-state index contributed by atoms with van der Waals surface area (Å²) < 4.78 is 0.922. The number of amides is 2. The Kier molecular flexibility index (Phi) is 5.00. The monoisotopic (exact) mass is 353 g/mol. The molecular formula is C15H20BrN3O2. The molecule has 0 saturated carbocycles. The number of nitrogens with one attached hydrogen (secondary N) is 2. The Balaban J connectivity index is 2.10. The summed E-state index contributed by atoms with van der Waals surface area (Å²) in [5.74, 6) is -0.473.